The number of carbonyl (C=O) groups is 2. The van der Waals surface area contributed by atoms with Gasteiger partial charge in [-0.3, -0.25) is 4.79 Å². The second-order valence-corrected chi connectivity index (χ2v) is 7.60. The van der Waals surface area contributed by atoms with Gasteiger partial charge in [-0.05, 0) is 53.9 Å². The Morgan fingerprint density at radius 2 is 1.63 bits per heavy atom. The maximum Gasteiger partial charge on any atom is 0.410 e. The number of carbonyl (C=O) groups excluding carboxylic acids is 2. The van der Waals surface area contributed by atoms with Crippen molar-refractivity contribution in [2.75, 3.05) is 19.7 Å². The van der Waals surface area contributed by atoms with E-state index in [1.165, 1.54) is 0 Å². The zero-order valence-corrected chi connectivity index (χ0v) is 20.8. The van der Waals surface area contributed by atoms with E-state index in [4.69, 9.17) is 9.47 Å². The van der Waals surface area contributed by atoms with Gasteiger partial charge in [-0.25, -0.2) is 4.79 Å². The molecule has 0 unspecified atom stereocenters. The predicted molar refractivity (Wildman–Crippen MR) is 127 cm³/mol. The molecule has 1 rings (SSSR count). The summed E-state index contributed by atoms with van der Waals surface area (Å²) in [5.74, 6) is -0.185. The summed E-state index contributed by atoms with van der Waals surface area (Å²) in [6.45, 7) is 22.3. The van der Waals surface area contributed by atoms with E-state index in [9.17, 15) is 9.59 Å². The maximum absolute atomic E-state index is 12.7. The number of hydrogen-bond donors (Lipinski definition) is 0. The first-order chi connectivity index (χ1) is 14.2. The van der Waals surface area contributed by atoms with Gasteiger partial charge < -0.3 is 14.4 Å². The van der Waals surface area contributed by atoms with Gasteiger partial charge in [-0.15, -0.1) is 0 Å². The molecule has 1 heterocycles. The van der Waals surface area contributed by atoms with Crippen molar-refractivity contribution in [1.29, 1.82) is 0 Å². The molecule has 5 heteroatoms. The van der Waals surface area contributed by atoms with E-state index in [1.807, 2.05) is 80.5 Å². The molecule has 0 N–H and O–H groups in total. The third-order valence-corrected chi connectivity index (χ3v) is 4.44. The number of piperidine rings is 1. The first kappa shape index (κ1) is 30.2. The van der Waals surface area contributed by atoms with E-state index in [-0.39, 0.29) is 12.1 Å². The third kappa shape index (κ3) is 10.7. The minimum Gasteiger partial charge on any atom is -0.466 e. The number of amides is 1. The fourth-order valence-corrected chi connectivity index (χ4v) is 3.02. The van der Waals surface area contributed by atoms with Gasteiger partial charge in [-0.2, -0.15) is 0 Å². The van der Waals surface area contributed by atoms with E-state index in [0.29, 0.717) is 39.0 Å². The quantitative estimate of drug-likeness (QED) is 0.352. The van der Waals surface area contributed by atoms with Crippen LogP contribution in [0.2, 0.25) is 0 Å². The van der Waals surface area contributed by atoms with Gasteiger partial charge in [-0.1, -0.05) is 64.2 Å². The van der Waals surface area contributed by atoms with Crippen molar-refractivity contribution in [1.82, 2.24) is 4.90 Å². The molecule has 0 aliphatic carbocycles. The van der Waals surface area contributed by atoms with Crippen LogP contribution < -0.4 is 0 Å². The zero-order chi connectivity index (χ0) is 23.8. The molecular weight excluding hydrogens is 378 g/mol. The zero-order valence-electron chi connectivity index (χ0n) is 20.8. The Morgan fingerprint density at radius 1 is 1.10 bits per heavy atom. The van der Waals surface area contributed by atoms with Gasteiger partial charge in [0.05, 0.1) is 12.0 Å². The number of esters is 1. The number of ether oxygens (including phenoxy) is 2. The second-order valence-electron chi connectivity index (χ2n) is 7.60. The lowest BCUT2D eigenvalue weighted by Crippen LogP contribution is -2.48. The molecule has 0 saturated carbocycles. The van der Waals surface area contributed by atoms with Crippen LogP contribution in [0.3, 0.4) is 0 Å². The number of hydrogen-bond acceptors (Lipinski definition) is 4. The monoisotopic (exact) mass is 423 g/mol. The van der Waals surface area contributed by atoms with Crippen molar-refractivity contribution in [3.8, 4) is 0 Å². The molecule has 0 aromatic rings. The summed E-state index contributed by atoms with van der Waals surface area (Å²) in [4.78, 5) is 26.7. The van der Waals surface area contributed by atoms with Gasteiger partial charge in [0.1, 0.15) is 5.60 Å². The molecule has 1 saturated heterocycles. The molecule has 1 fully saturated rings. The topological polar surface area (TPSA) is 55.8 Å². The smallest absolute Gasteiger partial charge is 0.410 e. The van der Waals surface area contributed by atoms with Crippen molar-refractivity contribution >= 4 is 12.1 Å². The molecule has 0 spiro atoms. The Balaban J connectivity index is 0. The molecular formula is C25H45NO4. The second kappa shape index (κ2) is 15.8. The molecule has 0 aromatic heterocycles. The van der Waals surface area contributed by atoms with Crippen LogP contribution in [0.15, 0.2) is 36.5 Å². The number of nitrogens with zero attached hydrogens (tertiary/aromatic N) is 1. The first-order valence-electron chi connectivity index (χ1n) is 11.3. The van der Waals surface area contributed by atoms with Crippen LogP contribution in [0.5, 0.6) is 0 Å². The molecule has 0 bridgehead atoms. The molecule has 1 aliphatic heterocycles. The van der Waals surface area contributed by atoms with Crippen LogP contribution in [0.4, 0.5) is 4.79 Å². The lowest BCUT2D eigenvalue weighted by atomic mass is 9.73. The van der Waals surface area contributed by atoms with Crippen LogP contribution in [-0.2, 0) is 14.3 Å². The minimum atomic E-state index is -0.609. The SMILES string of the molecule is C=C/C=C\C(=C/C)CC1(C(=O)OCC)CCN(C(=O)OC(C)(C)C)CC1.CC.CC. The Labute approximate surface area is 185 Å². The molecule has 174 valence electrons. The van der Waals surface area contributed by atoms with E-state index < -0.39 is 11.0 Å². The molecule has 1 amide bonds. The van der Waals surface area contributed by atoms with Crippen LogP contribution in [0, 0.1) is 5.41 Å². The maximum atomic E-state index is 12.7. The summed E-state index contributed by atoms with van der Waals surface area (Å²) in [6, 6.07) is 0. The normalized spacial score (nSPS) is 15.9. The Morgan fingerprint density at radius 3 is 2.03 bits per heavy atom. The lowest BCUT2D eigenvalue weighted by Gasteiger charge is -2.40. The summed E-state index contributed by atoms with van der Waals surface area (Å²) in [6.07, 6.45) is 8.93. The van der Waals surface area contributed by atoms with E-state index in [0.717, 1.165) is 5.57 Å². The van der Waals surface area contributed by atoms with Crippen LogP contribution in [0.1, 0.15) is 81.6 Å². The van der Waals surface area contributed by atoms with Gasteiger partial charge >= 0.3 is 12.1 Å². The van der Waals surface area contributed by atoms with Crippen molar-refractivity contribution < 1.29 is 19.1 Å². The Bertz CT molecular complexity index is 562. The highest BCUT2D eigenvalue weighted by atomic mass is 16.6. The largest absolute Gasteiger partial charge is 0.466 e. The van der Waals surface area contributed by atoms with Crippen molar-refractivity contribution in [3.63, 3.8) is 0 Å². The molecule has 0 radical (unpaired) electrons. The average Bonchev–Trinajstić information content (AvgIpc) is 2.73. The first-order valence-corrected chi connectivity index (χ1v) is 11.3. The van der Waals surface area contributed by atoms with Gasteiger partial charge in [0.25, 0.3) is 0 Å². The summed E-state index contributed by atoms with van der Waals surface area (Å²) in [7, 11) is 0. The average molecular weight is 424 g/mol. The van der Waals surface area contributed by atoms with Crippen molar-refractivity contribution in [2.24, 2.45) is 5.41 Å². The van der Waals surface area contributed by atoms with Gasteiger partial charge in [0, 0.05) is 13.1 Å². The molecule has 0 aromatic carbocycles. The van der Waals surface area contributed by atoms with Crippen molar-refractivity contribution in [2.45, 2.75) is 87.2 Å². The highest BCUT2D eigenvalue weighted by molar-refractivity contribution is 5.78. The Hall–Kier alpha value is -2.04. The number of allylic oxidation sites excluding steroid dienone is 5. The van der Waals surface area contributed by atoms with E-state index >= 15 is 0 Å². The Kier molecular flexibility index (Phi) is 15.8. The van der Waals surface area contributed by atoms with Crippen LogP contribution in [0.25, 0.3) is 0 Å². The van der Waals surface area contributed by atoms with Crippen LogP contribution >= 0.6 is 0 Å². The minimum absolute atomic E-state index is 0.185. The molecule has 1 aliphatic rings. The van der Waals surface area contributed by atoms with Crippen LogP contribution in [-0.4, -0.2) is 42.3 Å². The molecule has 0 atom stereocenters. The summed E-state index contributed by atoms with van der Waals surface area (Å²) in [5, 5.41) is 0. The van der Waals surface area contributed by atoms with Gasteiger partial charge in [0.2, 0.25) is 0 Å². The summed E-state index contributed by atoms with van der Waals surface area (Å²) < 4.78 is 10.8. The highest BCUT2D eigenvalue weighted by Gasteiger charge is 2.44. The van der Waals surface area contributed by atoms with E-state index in [2.05, 4.69) is 6.58 Å². The molecule has 30 heavy (non-hydrogen) atoms. The third-order valence-electron chi connectivity index (χ3n) is 4.44. The highest BCUT2D eigenvalue weighted by Crippen LogP contribution is 2.39. The predicted octanol–water partition coefficient (Wildman–Crippen LogP) is 6.70. The fraction of sp³-hybridized carbons (Fsp3) is 0.680. The van der Waals surface area contributed by atoms with E-state index in [1.54, 1.807) is 11.0 Å². The standard InChI is InChI=1S/C21H33NO4.2C2H6/c1-7-10-11-17(8-2)16-21(18(23)25-9-3)12-14-22(15-13-21)19(24)26-20(4,5)6;2*1-2/h7-8,10-11H,1,9,12-16H2,2-6H3;2*1-2H3/b11-10-,17-8+;;. The number of rotatable bonds is 6. The number of likely N-dealkylation sites (tertiary alicyclic amines) is 1. The molecule has 5 nitrogen and oxygen atoms in total. The summed E-state index contributed by atoms with van der Waals surface area (Å²) >= 11 is 0. The lowest BCUT2D eigenvalue weighted by molar-refractivity contribution is -0.158. The fourth-order valence-electron chi connectivity index (χ4n) is 3.02. The summed E-state index contributed by atoms with van der Waals surface area (Å²) in [5.41, 5.74) is -0.0777. The van der Waals surface area contributed by atoms with Gasteiger partial charge in [0.15, 0.2) is 0 Å². The van der Waals surface area contributed by atoms with Crippen molar-refractivity contribution in [3.05, 3.63) is 36.5 Å².